The molecule has 0 unspecified atom stereocenters. The molecule has 162 valence electrons. The molecule has 0 aromatic heterocycles. The largest absolute Gasteiger partial charge is 0.484 e. The molecule has 3 rings (SSSR count). The maximum atomic E-state index is 12.5. The smallest absolute Gasteiger partial charge is 0.260 e. The summed E-state index contributed by atoms with van der Waals surface area (Å²) >= 11 is 6.06. The normalized spacial score (nSPS) is 14.8. The zero-order valence-electron chi connectivity index (χ0n) is 17.1. The van der Waals surface area contributed by atoms with E-state index >= 15 is 0 Å². The highest BCUT2D eigenvalue weighted by Crippen LogP contribution is 2.21. The van der Waals surface area contributed by atoms with Crippen LogP contribution in [0.4, 0.5) is 5.69 Å². The van der Waals surface area contributed by atoms with Crippen molar-refractivity contribution in [1.82, 2.24) is 9.21 Å². The molecule has 1 saturated heterocycles. The van der Waals surface area contributed by atoms with Gasteiger partial charge in [0.15, 0.2) is 6.61 Å². The number of ether oxygens (including phenoxy) is 1. The number of carbonyl (C=O) groups excluding carboxylic acids is 1. The minimum absolute atomic E-state index is 0.0280. The number of carbonyl (C=O) groups is 1. The van der Waals surface area contributed by atoms with Crippen molar-refractivity contribution < 1.29 is 17.9 Å². The zero-order chi connectivity index (χ0) is 21.7. The Morgan fingerprint density at radius 3 is 2.37 bits per heavy atom. The number of sulfonamides is 1. The van der Waals surface area contributed by atoms with Crippen molar-refractivity contribution in [3.8, 4) is 5.75 Å². The van der Waals surface area contributed by atoms with Crippen molar-refractivity contribution in [2.24, 2.45) is 0 Å². The fraction of sp³-hybridized carbons (Fsp3) is 0.381. The number of hydrogen-bond acceptors (Lipinski definition) is 5. The standard InChI is InChI=1S/C21H26ClN3O4S/c1-23(30(2,27)28)15-17-6-8-20(9-7-17)29-16-21(26)25-12-10-24(11-13-25)19-5-3-4-18(22)14-19/h3-9,14H,10-13,15-16H2,1-2H3. The van der Waals surface area contributed by atoms with Crippen molar-refractivity contribution in [2.75, 3.05) is 51.0 Å². The Morgan fingerprint density at radius 2 is 1.77 bits per heavy atom. The van der Waals surface area contributed by atoms with Crippen molar-refractivity contribution in [2.45, 2.75) is 6.54 Å². The molecule has 1 aliphatic rings. The number of anilines is 1. The van der Waals surface area contributed by atoms with Crippen LogP contribution in [0.1, 0.15) is 5.56 Å². The summed E-state index contributed by atoms with van der Waals surface area (Å²) in [5.41, 5.74) is 1.91. The lowest BCUT2D eigenvalue weighted by atomic mass is 10.2. The molecule has 2 aromatic rings. The van der Waals surface area contributed by atoms with Crippen LogP contribution < -0.4 is 9.64 Å². The summed E-state index contributed by atoms with van der Waals surface area (Å²) in [5.74, 6) is 0.522. The van der Waals surface area contributed by atoms with Crippen molar-refractivity contribution in [3.63, 3.8) is 0 Å². The molecule has 0 N–H and O–H groups in total. The number of piperazine rings is 1. The van der Waals surface area contributed by atoms with E-state index in [1.54, 1.807) is 29.2 Å². The lowest BCUT2D eigenvalue weighted by Gasteiger charge is -2.36. The van der Waals surface area contributed by atoms with Gasteiger partial charge in [0.25, 0.3) is 5.91 Å². The predicted octanol–water partition coefficient (Wildman–Crippen LogP) is 2.46. The van der Waals surface area contributed by atoms with Gasteiger partial charge in [0.05, 0.1) is 6.26 Å². The first-order valence-corrected chi connectivity index (χ1v) is 11.9. The Labute approximate surface area is 182 Å². The van der Waals surface area contributed by atoms with Crippen LogP contribution in [0, 0.1) is 0 Å². The molecule has 9 heteroatoms. The second-order valence-electron chi connectivity index (χ2n) is 7.30. The van der Waals surface area contributed by atoms with Gasteiger partial charge in [-0.25, -0.2) is 12.7 Å². The summed E-state index contributed by atoms with van der Waals surface area (Å²) in [6.45, 7) is 3.01. The van der Waals surface area contributed by atoms with Gasteiger partial charge in [-0.2, -0.15) is 0 Å². The van der Waals surface area contributed by atoms with E-state index in [0.717, 1.165) is 24.3 Å². The Bertz CT molecular complexity index is 974. The second-order valence-corrected chi connectivity index (χ2v) is 9.83. The van der Waals surface area contributed by atoms with Gasteiger partial charge < -0.3 is 14.5 Å². The first kappa shape index (κ1) is 22.4. The number of halogens is 1. The third-order valence-corrected chi connectivity index (χ3v) is 6.56. The number of benzene rings is 2. The van der Waals surface area contributed by atoms with Gasteiger partial charge in [0, 0.05) is 50.5 Å². The fourth-order valence-corrected chi connectivity index (χ4v) is 3.76. The third kappa shape index (κ3) is 6.10. The summed E-state index contributed by atoms with van der Waals surface area (Å²) in [6.07, 6.45) is 1.17. The van der Waals surface area contributed by atoms with E-state index in [9.17, 15) is 13.2 Å². The average Bonchev–Trinajstić information content (AvgIpc) is 2.72. The van der Waals surface area contributed by atoms with Gasteiger partial charge in [-0.05, 0) is 35.9 Å². The molecule has 0 saturated carbocycles. The molecule has 0 aliphatic carbocycles. The molecular formula is C21H26ClN3O4S. The SMILES string of the molecule is CN(Cc1ccc(OCC(=O)N2CCN(c3cccc(Cl)c3)CC2)cc1)S(C)(=O)=O. The van der Waals surface area contributed by atoms with Crippen molar-refractivity contribution in [1.29, 1.82) is 0 Å². The Hall–Kier alpha value is -2.29. The van der Waals surface area contributed by atoms with Gasteiger partial charge in [-0.1, -0.05) is 29.8 Å². The monoisotopic (exact) mass is 451 g/mol. The molecule has 1 heterocycles. The molecule has 7 nitrogen and oxygen atoms in total. The molecule has 1 fully saturated rings. The van der Waals surface area contributed by atoms with Gasteiger partial charge in [0.1, 0.15) is 5.75 Å². The van der Waals surface area contributed by atoms with E-state index in [1.165, 1.54) is 17.6 Å². The highest BCUT2D eigenvalue weighted by molar-refractivity contribution is 7.88. The Morgan fingerprint density at radius 1 is 1.10 bits per heavy atom. The first-order chi connectivity index (χ1) is 14.2. The lowest BCUT2D eigenvalue weighted by Crippen LogP contribution is -2.50. The molecule has 0 radical (unpaired) electrons. The molecular weight excluding hydrogens is 426 g/mol. The third-order valence-electron chi connectivity index (χ3n) is 5.06. The van der Waals surface area contributed by atoms with Crippen molar-refractivity contribution in [3.05, 3.63) is 59.1 Å². The summed E-state index contributed by atoms with van der Waals surface area (Å²) in [5, 5.41) is 0.702. The molecule has 1 amide bonds. The van der Waals surface area contributed by atoms with Gasteiger partial charge in [0.2, 0.25) is 10.0 Å². The molecule has 0 bridgehead atoms. The minimum atomic E-state index is -3.23. The maximum Gasteiger partial charge on any atom is 0.260 e. The van der Waals surface area contributed by atoms with Crippen LogP contribution in [-0.4, -0.2) is 69.6 Å². The number of nitrogens with zero attached hydrogens (tertiary/aromatic N) is 3. The number of amides is 1. The Balaban J connectivity index is 1.46. The van der Waals surface area contributed by atoms with Crippen LogP contribution in [-0.2, 0) is 21.4 Å². The lowest BCUT2D eigenvalue weighted by molar-refractivity contribution is -0.133. The quantitative estimate of drug-likeness (QED) is 0.646. The summed E-state index contributed by atoms with van der Waals surface area (Å²) < 4.78 is 29.9. The summed E-state index contributed by atoms with van der Waals surface area (Å²) in [6, 6.07) is 14.8. The number of hydrogen-bond donors (Lipinski definition) is 0. The molecule has 0 atom stereocenters. The van der Waals surface area contributed by atoms with Gasteiger partial charge in [-0.15, -0.1) is 0 Å². The maximum absolute atomic E-state index is 12.5. The van der Waals surface area contributed by atoms with E-state index in [4.69, 9.17) is 16.3 Å². The predicted molar refractivity (Wildman–Crippen MR) is 118 cm³/mol. The van der Waals surface area contributed by atoms with E-state index in [0.29, 0.717) is 23.9 Å². The molecule has 1 aliphatic heterocycles. The summed E-state index contributed by atoms with van der Waals surface area (Å²) in [4.78, 5) is 16.5. The topological polar surface area (TPSA) is 70.2 Å². The van der Waals surface area contributed by atoms with Crippen LogP contribution in [0.5, 0.6) is 5.75 Å². The number of rotatable bonds is 7. The van der Waals surface area contributed by atoms with E-state index < -0.39 is 10.0 Å². The van der Waals surface area contributed by atoms with E-state index in [-0.39, 0.29) is 19.1 Å². The van der Waals surface area contributed by atoms with E-state index in [1.807, 2.05) is 24.3 Å². The summed E-state index contributed by atoms with van der Waals surface area (Å²) in [7, 11) is -1.69. The molecule has 0 spiro atoms. The van der Waals surface area contributed by atoms with Crippen molar-refractivity contribution >= 4 is 33.2 Å². The van der Waals surface area contributed by atoms with Crippen LogP contribution in [0.25, 0.3) is 0 Å². The Kier molecular flexibility index (Phi) is 7.23. The molecule has 2 aromatic carbocycles. The average molecular weight is 452 g/mol. The second kappa shape index (κ2) is 9.68. The zero-order valence-corrected chi connectivity index (χ0v) is 18.7. The van der Waals surface area contributed by atoms with Crippen LogP contribution in [0.15, 0.2) is 48.5 Å². The first-order valence-electron chi connectivity index (χ1n) is 9.64. The highest BCUT2D eigenvalue weighted by atomic mass is 35.5. The van der Waals surface area contributed by atoms with Crippen LogP contribution in [0.2, 0.25) is 5.02 Å². The minimum Gasteiger partial charge on any atom is -0.484 e. The fourth-order valence-electron chi connectivity index (χ4n) is 3.19. The van der Waals surface area contributed by atoms with Gasteiger partial charge in [-0.3, -0.25) is 4.79 Å². The van der Waals surface area contributed by atoms with E-state index in [2.05, 4.69) is 4.90 Å². The van der Waals surface area contributed by atoms with Gasteiger partial charge >= 0.3 is 0 Å². The molecule has 30 heavy (non-hydrogen) atoms. The van der Waals surface area contributed by atoms with Crippen LogP contribution in [0.3, 0.4) is 0 Å². The van der Waals surface area contributed by atoms with Crippen LogP contribution >= 0.6 is 11.6 Å². The highest BCUT2D eigenvalue weighted by Gasteiger charge is 2.21.